The van der Waals surface area contributed by atoms with Crippen LogP contribution in [0.5, 0.6) is 0 Å². The molecule has 2 aromatic rings. The zero-order chi connectivity index (χ0) is 14.7. The second kappa shape index (κ2) is 6.35. The largest absolute Gasteiger partial charge is 0.383 e. The number of hydrogen-bond acceptors (Lipinski definition) is 3. The molecule has 0 saturated carbocycles. The highest BCUT2D eigenvalue weighted by molar-refractivity contribution is 6.31. The number of nitrogens with two attached hydrogens (primary N) is 1. The molecule has 0 saturated heterocycles. The summed E-state index contributed by atoms with van der Waals surface area (Å²) in [6, 6.07) is 4.41. The fourth-order valence-electron chi connectivity index (χ4n) is 2.00. The van der Waals surface area contributed by atoms with Crippen molar-refractivity contribution in [3.05, 3.63) is 52.1 Å². The molecule has 1 heterocycles. The summed E-state index contributed by atoms with van der Waals surface area (Å²) >= 11 is 6.14. The van der Waals surface area contributed by atoms with Gasteiger partial charge in [-0.2, -0.15) is 5.10 Å². The molecule has 0 bridgehead atoms. The van der Waals surface area contributed by atoms with E-state index in [1.165, 1.54) is 12.3 Å². The highest BCUT2D eigenvalue weighted by Gasteiger charge is 2.19. The Morgan fingerprint density at radius 3 is 2.90 bits per heavy atom. The molecule has 0 aliphatic heterocycles. The van der Waals surface area contributed by atoms with Gasteiger partial charge < -0.3 is 10.5 Å². The second-order valence-corrected chi connectivity index (χ2v) is 4.99. The molecule has 2 rings (SSSR count). The van der Waals surface area contributed by atoms with Crippen molar-refractivity contribution < 1.29 is 9.13 Å². The Kier molecular flexibility index (Phi) is 4.75. The lowest BCUT2D eigenvalue weighted by Gasteiger charge is -2.16. The van der Waals surface area contributed by atoms with Crippen molar-refractivity contribution in [2.45, 2.75) is 19.5 Å². The summed E-state index contributed by atoms with van der Waals surface area (Å²) in [5.41, 5.74) is 8.10. The van der Waals surface area contributed by atoms with E-state index in [9.17, 15) is 4.39 Å². The molecular formula is C14H17ClFN3O. The van der Waals surface area contributed by atoms with E-state index in [1.807, 2.05) is 0 Å². The average molecular weight is 298 g/mol. The van der Waals surface area contributed by atoms with E-state index in [-0.39, 0.29) is 5.82 Å². The van der Waals surface area contributed by atoms with Gasteiger partial charge >= 0.3 is 0 Å². The van der Waals surface area contributed by atoms with Crippen molar-refractivity contribution in [2.24, 2.45) is 5.73 Å². The van der Waals surface area contributed by atoms with Crippen molar-refractivity contribution >= 4 is 11.6 Å². The topological polar surface area (TPSA) is 53.1 Å². The van der Waals surface area contributed by atoms with Crippen molar-refractivity contribution in [1.82, 2.24) is 9.78 Å². The molecule has 1 atom stereocenters. The van der Waals surface area contributed by atoms with Crippen LogP contribution in [0.1, 0.15) is 22.9 Å². The van der Waals surface area contributed by atoms with Crippen LogP contribution in [0.2, 0.25) is 5.02 Å². The predicted molar refractivity (Wildman–Crippen MR) is 76.3 cm³/mol. The molecule has 108 valence electrons. The van der Waals surface area contributed by atoms with E-state index in [2.05, 4.69) is 5.10 Å². The molecule has 6 heteroatoms. The molecule has 0 aliphatic rings. The van der Waals surface area contributed by atoms with Crippen molar-refractivity contribution in [3.8, 4) is 0 Å². The molecule has 0 spiro atoms. The Morgan fingerprint density at radius 1 is 1.50 bits per heavy atom. The summed E-state index contributed by atoms with van der Waals surface area (Å²) in [5.74, 6) is -0.281. The Hall–Kier alpha value is -1.43. The smallest absolute Gasteiger partial charge is 0.126 e. The van der Waals surface area contributed by atoms with E-state index in [4.69, 9.17) is 22.1 Å². The summed E-state index contributed by atoms with van der Waals surface area (Å²) in [6.07, 6.45) is 1.54. The van der Waals surface area contributed by atoms with E-state index >= 15 is 0 Å². The lowest BCUT2D eigenvalue weighted by atomic mass is 10.0. The van der Waals surface area contributed by atoms with Gasteiger partial charge in [-0.05, 0) is 24.1 Å². The Bertz CT molecular complexity index is 600. The maximum atomic E-state index is 13.7. The van der Waals surface area contributed by atoms with Gasteiger partial charge in [-0.25, -0.2) is 4.39 Å². The van der Waals surface area contributed by atoms with Gasteiger partial charge in [-0.15, -0.1) is 0 Å². The van der Waals surface area contributed by atoms with Gasteiger partial charge in [0.05, 0.1) is 36.1 Å². The van der Waals surface area contributed by atoms with Gasteiger partial charge in [0.15, 0.2) is 0 Å². The molecule has 0 amide bonds. The summed E-state index contributed by atoms with van der Waals surface area (Å²) in [5, 5.41) is 4.64. The lowest BCUT2D eigenvalue weighted by molar-refractivity contribution is 0.182. The number of aryl methyl sites for hydroxylation is 1. The number of benzene rings is 1. The van der Waals surface area contributed by atoms with E-state index in [0.29, 0.717) is 35.0 Å². The molecule has 2 N–H and O–H groups in total. The van der Waals surface area contributed by atoms with Gasteiger partial charge in [-0.1, -0.05) is 23.7 Å². The van der Waals surface area contributed by atoms with E-state index in [0.717, 1.165) is 0 Å². The van der Waals surface area contributed by atoms with Crippen LogP contribution in [0.3, 0.4) is 0 Å². The molecule has 1 aromatic heterocycles. The van der Waals surface area contributed by atoms with Gasteiger partial charge in [0, 0.05) is 7.11 Å². The molecule has 1 unspecified atom stereocenters. The predicted octanol–water partition coefficient (Wildman–Crippen LogP) is 2.68. The SMILES string of the molecule is COCCn1ncc(Cl)c1C(N)c1ccc(C)c(F)c1. The van der Waals surface area contributed by atoms with Crippen LogP contribution in [0, 0.1) is 12.7 Å². The first-order chi connectivity index (χ1) is 9.54. The first kappa shape index (κ1) is 15.0. The monoisotopic (exact) mass is 297 g/mol. The van der Waals surface area contributed by atoms with Crippen molar-refractivity contribution in [2.75, 3.05) is 13.7 Å². The zero-order valence-corrected chi connectivity index (χ0v) is 12.2. The highest BCUT2D eigenvalue weighted by atomic mass is 35.5. The van der Waals surface area contributed by atoms with Gasteiger partial charge in [0.1, 0.15) is 5.82 Å². The van der Waals surface area contributed by atoms with Crippen LogP contribution < -0.4 is 5.73 Å². The van der Waals surface area contributed by atoms with Crippen LogP contribution in [-0.4, -0.2) is 23.5 Å². The Morgan fingerprint density at radius 2 is 2.25 bits per heavy atom. The fourth-order valence-corrected chi connectivity index (χ4v) is 2.26. The standard InChI is InChI=1S/C14H17ClFN3O/c1-9-3-4-10(7-12(9)16)13(17)14-11(15)8-18-19(14)5-6-20-2/h3-4,7-8,13H,5-6,17H2,1-2H3. The summed E-state index contributed by atoms with van der Waals surface area (Å²) in [4.78, 5) is 0. The third-order valence-electron chi connectivity index (χ3n) is 3.19. The minimum absolute atomic E-state index is 0.281. The molecule has 20 heavy (non-hydrogen) atoms. The average Bonchev–Trinajstić information content (AvgIpc) is 2.80. The van der Waals surface area contributed by atoms with Crippen LogP contribution >= 0.6 is 11.6 Å². The summed E-state index contributed by atoms with van der Waals surface area (Å²) in [6.45, 7) is 2.75. The summed E-state index contributed by atoms with van der Waals surface area (Å²) < 4.78 is 20.4. The number of hydrogen-bond donors (Lipinski definition) is 1. The van der Waals surface area contributed by atoms with E-state index in [1.54, 1.807) is 30.8 Å². The number of ether oxygens (including phenoxy) is 1. The van der Waals surface area contributed by atoms with Crippen LogP contribution in [0.4, 0.5) is 4.39 Å². The van der Waals surface area contributed by atoms with Gasteiger partial charge in [-0.3, -0.25) is 4.68 Å². The van der Waals surface area contributed by atoms with Gasteiger partial charge in [0.25, 0.3) is 0 Å². The highest BCUT2D eigenvalue weighted by Crippen LogP contribution is 2.27. The minimum Gasteiger partial charge on any atom is -0.383 e. The molecule has 0 radical (unpaired) electrons. The molecule has 4 nitrogen and oxygen atoms in total. The number of nitrogens with zero attached hydrogens (tertiary/aromatic N) is 2. The minimum atomic E-state index is -0.531. The fraction of sp³-hybridized carbons (Fsp3) is 0.357. The number of halogens is 2. The first-order valence-corrected chi connectivity index (χ1v) is 6.64. The molecule has 1 aromatic carbocycles. The van der Waals surface area contributed by atoms with Crippen molar-refractivity contribution in [1.29, 1.82) is 0 Å². The Labute approximate surface area is 122 Å². The number of methoxy groups -OCH3 is 1. The number of aromatic nitrogens is 2. The third kappa shape index (κ3) is 3.00. The molecule has 0 fully saturated rings. The van der Waals surface area contributed by atoms with E-state index < -0.39 is 6.04 Å². The van der Waals surface area contributed by atoms with Crippen LogP contribution in [-0.2, 0) is 11.3 Å². The maximum Gasteiger partial charge on any atom is 0.126 e. The van der Waals surface area contributed by atoms with Crippen LogP contribution in [0.15, 0.2) is 24.4 Å². The van der Waals surface area contributed by atoms with Crippen molar-refractivity contribution in [3.63, 3.8) is 0 Å². The second-order valence-electron chi connectivity index (χ2n) is 4.58. The molecular weight excluding hydrogens is 281 g/mol. The Balaban J connectivity index is 2.34. The van der Waals surface area contributed by atoms with Gasteiger partial charge in [0.2, 0.25) is 0 Å². The normalized spacial score (nSPS) is 12.7. The number of rotatable bonds is 5. The quantitative estimate of drug-likeness (QED) is 0.923. The third-order valence-corrected chi connectivity index (χ3v) is 3.48. The lowest BCUT2D eigenvalue weighted by Crippen LogP contribution is -2.19. The zero-order valence-electron chi connectivity index (χ0n) is 11.4. The first-order valence-electron chi connectivity index (χ1n) is 6.26. The van der Waals surface area contributed by atoms with Crippen LogP contribution in [0.25, 0.3) is 0 Å². The summed E-state index contributed by atoms with van der Waals surface area (Å²) in [7, 11) is 1.61. The molecule has 0 aliphatic carbocycles. The maximum absolute atomic E-state index is 13.7.